The van der Waals surface area contributed by atoms with Gasteiger partial charge < -0.3 is 43.8 Å². The van der Waals surface area contributed by atoms with Gasteiger partial charge in [0.15, 0.2) is 0 Å². The van der Waals surface area contributed by atoms with Crippen molar-refractivity contribution in [3.63, 3.8) is 0 Å². The molecular formula is C45H55N9O6. The molecule has 1 aliphatic heterocycles. The van der Waals surface area contributed by atoms with Crippen molar-refractivity contribution in [2.45, 2.75) is 88.6 Å². The molecular weight excluding hydrogens is 763 g/mol. The number of fused-ring (bicyclic) bond motifs is 2. The Hall–Kier alpha value is -6.45. The van der Waals surface area contributed by atoms with Crippen LogP contribution in [0.3, 0.4) is 0 Å². The summed E-state index contributed by atoms with van der Waals surface area (Å²) in [6, 6.07) is 23.4. The molecule has 4 aromatic carbocycles. The van der Waals surface area contributed by atoms with Crippen molar-refractivity contribution in [2.24, 2.45) is 22.2 Å². The van der Waals surface area contributed by atoms with Crippen molar-refractivity contribution >= 4 is 51.8 Å². The summed E-state index contributed by atoms with van der Waals surface area (Å²) in [7, 11) is 0. The number of carbonyl (C=O) groups is 6. The first-order chi connectivity index (χ1) is 28.8. The third-order valence-electron chi connectivity index (χ3n) is 10.4. The highest BCUT2D eigenvalue weighted by Gasteiger charge is 2.32. The first kappa shape index (κ1) is 44.6. The molecule has 0 aromatic heterocycles. The second-order valence-electron chi connectivity index (χ2n) is 15.2. The topological polar surface area (TPSA) is 253 Å². The second kappa shape index (κ2) is 21.5. The van der Waals surface area contributed by atoms with Gasteiger partial charge in [-0.3, -0.25) is 33.8 Å². The van der Waals surface area contributed by atoms with Gasteiger partial charge in [-0.05, 0) is 73.2 Å². The molecule has 6 amide bonds. The van der Waals surface area contributed by atoms with Gasteiger partial charge in [0.25, 0.3) is 0 Å². The number of primary amides is 1. The van der Waals surface area contributed by atoms with Gasteiger partial charge >= 0.3 is 0 Å². The van der Waals surface area contributed by atoms with Crippen molar-refractivity contribution in [1.29, 1.82) is 0 Å². The van der Waals surface area contributed by atoms with Gasteiger partial charge in [0.05, 0.1) is 17.9 Å². The number of nitrogens with one attached hydrogen (secondary N) is 5. The minimum atomic E-state index is -1.22. The van der Waals surface area contributed by atoms with E-state index in [9.17, 15) is 28.8 Å². The standard InChI is InChI=1S/C45H55N9O6/c1-27(47)41(56)52-38(24-30-19-20-31-14-6-7-15-32(31)22-30)43(58)50-28(2)42(57)53-39(25-33-26-49-35-17-9-8-16-34(33)35)45(60)54-37(23-29-12-4-3-5-13-29)44(59)51-36(40(48)55)18-10-11-21-46/h3-9,12-17,19-20,22,27-28,36-39H,10-11,18,21,23-26,46-47H2,1-2H3,(H2,48,55)(H,50,58)(H,51,59)(H,52,56)(H,53,57)(H,54,60)/t27-,28+,36+,37-,38-,39+/m1/s1. The monoisotopic (exact) mass is 817 g/mol. The lowest BCUT2D eigenvalue weighted by molar-refractivity contribution is -0.134. The van der Waals surface area contributed by atoms with Gasteiger partial charge in [-0.25, -0.2) is 0 Å². The van der Waals surface area contributed by atoms with Crippen LogP contribution in [0.15, 0.2) is 102 Å². The molecule has 6 atom stereocenters. The number of carbonyl (C=O) groups excluding carboxylic acids is 6. The third kappa shape index (κ3) is 12.5. The maximum absolute atomic E-state index is 14.3. The fourth-order valence-electron chi connectivity index (χ4n) is 6.98. The molecule has 0 saturated carbocycles. The zero-order valence-electron chi connectivity index (χ0n) is 34.0. The maximum Gasteiger partial charge on any atom is 0.243 e. The number of unbranched alkanes of at least 4 members (excludes halogenated alkanes) is 1. The quantitative estimate of drug-likeness (QED) is 0.0527. The second-order valence-corrected chi connectivity index (χ2v) is 15.2. The molecule has 0 unspecified atom stereocenters. The fraction of sp³-hybridized carbons (Fsp3) is 0.356. The largest absolute Gasteiger partial charge is 0.368 e. The zero-order valence-corrected chi connectivity index (χ0v) is 34.0. The van der Waals surface area contributed by atoms with Gasteiger partial charge in [0.2, 0.25) is 35.4 Å². The van der Waals surface area contributed by atoms with Gasteiger partial charge in [-0.2, -0.15) is 0 Å². The molecule has 15 nitrogen and oxygen atoms in total. The number of benzene rings is 4. The van der Waals surface area contributed by atoms with Crippen LogP contribution in [0, 0.1) is 0 Å². The predicted octanol–water partition coefficient (Wildman–Crippen LogP) is -0.0954. The number of hydrogen-bond donors (Lipinski definition) is 8. The third-order valence-corrected chi connectivity index (χ3v) is 10.4. The van der Waals surface area contributed by atoms with E-state index in [1.807, 2.05) is 72.8 Å². The Bertz CT molecular complexity index is 2300. The van der Waals surface area contributed by atoms with E-state index in [1.165, 1.54) is 13.8 Å². The average Bonchev–Trinajstić information content (AvgIpc) is 3.65. The van der Waals surface area contributed by atoms with Gasteiger partial charge in [-0.15, -0.1) is 0 Å². The molecule has 1 aliphatic rings. The van der Waals surface area contributed by atoms with Crippen LogP contribution in [0.2, 0.25) is 0 Å². The summed E-state index contributed by atoms with van der Waals surface area (Å²) < 4.78 is 0. The predicted molar refractivity (Wildman–Crippen MR) is 229 cm³/mol. The molecule has 15 heteroatoms. The van der Waals surface area contributed by atoms with Crippen LogP contribution in [0.5, 0.6) is 0 Å². The lowest BCUT2D eigenvalue weighted by Crippen LogP contribution is -2.59. The van der Waals surface area contributed by atoms with Crippen LogP contribution in [-0.2, 0) is 41.6 Å². The molecule has 11 N–H and O–H groups in total. The highest BCUT2D eigenvalue weighted by molar-refractivity contribution is 5.97. The summed E-state index contributed by atoms with van der Waals surface area (Å²) in [5.41, 5.74) is 19.4. The summed E-state index contributed by atoms with van der Waals surface area (Å²) in [6.07, 6.45) is 1.68. The molecule has 0 spiro atoms. The minimum absolute atomic E-state index is 0.0382. The van der Waals surface area contributed by atoms with Crippen molar-refractivity contribution in [1.82, 2.24) is 26.6 Å². The van der Waals surface area contributed by atoms with Crippen LogP contribution >= 0.6 is 0 Å². The highest BCUT2D eigenvalue weighted by atomic mass is 16.2. The van der Waals surface area contributed by atoms with Crippen LogP contribution < -0.4 is 54.4 Å². The number of hydrogen-bond acceptors (Lipinski definition) is 9. The number of para-hydroxylation sites is 1. The Morgan fingerprint density at radius 2 is 1.17 bits per heavy atom. The zero-order chi connectivity index (χ0) is 43.2. The lowest BCUT2D eigenvalue weighted by atomic mass is 10.00. The Morgan fingerprint density at radius 1 is 0.600 bits per heavy atom. The Balaban J connectivity index is 1.37. The first-order valence-electron chi connectivity index (χ1n) is 20.2. The summed E-state index contributed by atoms with van der Waals surface area (Å²) >= 11 is 0. The normalized spacial score (nSPS) is 14.9. The number of amides is 6. The van der Waals surface area contributed by atoms with Crippen molar-refractivity contribution in [2.75, 3.05) is 13.1 Å². The van der Waals surface area contributed by atoms with Gasteiger partial charge in [-0.1, -0.05) is 91.0 Å². The van der Waals surface area contributed by atoms with Crippen LogP contribution in [0.25, 0.3) is 16.3 Å². The van der Waals surface area contributed by atoms with Crippen LogP contribution in [-0.4, -0.2) is 84.8 Å². The molecule has 60 heavy (non-hydrogen) atoms. The average molecular weight is 818 g/mol. The van der Waals surface area contributed by atoms with E-state index in [0.717, 1.165) is 38.0 Å². The molecule has 0 fully saturated rings. The fourth-order valence-corrected chi connectivity index (χ4v) is 6.98. The molecule has 0 radical (unpaired) electrons. The van der Waals surface area contributed by atoms with E-state index in [0.29, 0.717) is 19.4 Å². The molecule has 1 heterocycles. The molecule has 5 rings (SSSR count). The van der Waals surface area contributed by atoms with Gasteiger partial charge in [0, 0.05) is 24.5 Å². The van der Waals surface area contributed by atoms with E-state index in [4.69, 9.17) is 17.2 Å². The Kier molecular flexibility index (Phi) is 16.0. The molecule has 0 bridgehead atoms. The van der Waals surface area contributed by atoms with Crippen LogP contribution in [0.4, 0.5) is 0 Å². The molecule has 0 saturated heterocycles. The van der Waals surface area contributed by atoms with Crippen molar-refractivity contribution in [3.8, 4) is 0 Å². The summed E-state index contributed by atoms with van der Waals surface area (Å²) in [5.74, 6) is -3.89. The Morgan fingerprint density at radius 3 is 1.85 bits per heavy atom. The van der Waals surface area contributed by atoms with E-state index < -0.39 is 71.7 Å². The number of nitrogens with zero attached hydrogens (tertiary/aromatic N) is 1. The van der Waals surface area contributed by atoms with E-state index in [-0.39, 0.29) is 32.2 Å². The van der Waals surface area contributed by atoms with E-state index in [1.54, 1.807) is 24.3 Å². The van der Waals surface area contributed by atoms with Crippen molar-refractivity contribution < 1.29 is 28.8 Å². The minimum Gasteiger partial charge on any atom is -0.368 e. The molecule has 316 valence electrons. The highest BCUT2D eigenvalue weighted by Crippen LogP contribution is 2.17. The number of nitrogens with two attached hydrogens (primary N) is 3. The lowest BCUT2D eigenvalue weighted by Gasteiger charge is -2.26. The van der Waals surface area contributed by atoms with Crippen LogP contribution in [0.1, 0.15) is 50.7 Å². The Labute approximate surface area is 349 Å². The maximum atomic E-state index is 14.3. The van der Waals surface area contributed by atoms with E-state index >= 15 is 0 Å². The van der Waals surface area contributed by atoms with Crippen molar-refractivity contribution in [3.05, 3.63) is 119 Å². The number of rotatable bonds is 21. The van der Waals surface area contributed by atoms with E-state index in [2.05, 4.69) is 31.6 Å². The summed E-state index contributed by atoms with van der Waals surface area (Å²) in [5, 5.41) is 17.3. The van der Waals surface area contributed by atoms with Gasteiger partial charge in [0.1, 0.15) is 30.2 Å². The molecule has 0 aliphatic carbocycles. The first-order valence-corrected chi connectivity index (χ1v) is 20.2. The summed E-state index contributed by atoms with van der Waals surface area (Å²) in [6.45, 7) is 3.67. The smallest absolute Gasteiger partial charge is 0.243 e. The summed E-state index contributed by atoms with van der Waals surface area (Å²) in [4.78, 5) is 85.6. The SMILES string of the molecule is C[C@H](NC(=O)[C@@H](Cc1ccc2ccccc2c1)NC(=O)[C@@H](C)N)C(=O)N[C@@H](CC1=c2ccccc2=NC1)C(=O)N[C@H](Cc1ccccc1)C(=O)N[C@@H](CCCCN)C(N)=O. The molecule has 4 aromatic rings.